The van der Waals surface area contributed by atoms with E-state index in [4.69, 9.17) is 86.4 Å². The molecule has 0 unspecified atom stereocenters. The fraction of sp³-hybridized carbons (Fsp3) is 0.278. The van der Waals surface area contributed by atoms with Crippen LogP contribution < -0.4 is 26.6 Å². The summed E-state index contributed by atoms with van der Waals surface area (Å²) in [6.45, 7) is 12.7. The van der Waals surface area contributed by atoms with Gasteiger partial charge in [0.2, 0.25) is 0 Å². The molecule has 5 N–H and O–H groups in total. The molecule has 23 heteroatoms. The third-order valence-corrected chi connectivity index (χ3v) is 18.7. The standard InChI is InChI=1S/C19H21ClN2O3.C19H22ClNO2.C18H20ClNO2.C17H19ClN2O2.C17H18ClNO2/c1-24-13-15-12-17(21-19(23)22-8-10-25-11-9-22)6-7-18(15)14-2-4-16(20)5-3-14;1-3-4-11-21-19(22)15-7-10-18(16(12-15)13-23-2)14-5-8-17(20)9-6-14;1-3-10-20-18(21)14-6-9-17(15(11-14)12-22-2)13-4-7-16(19)8-5-13;1-20(2)17(21)19-15-8-9-16(13(10-15)11-22-3)12-4-6-14(18)7-5-12;1-3-19-17(20)13-6-9-16(14(10-13)11-21-2)12-4-7-15(18)8-5-12/h2-7,12H,8-11,13H2,1H3,(H,21,23);5-10,12H,3-4,11,13H2,1-2H3,(H,21,22);4-9,11H,3,10,12H2,1-2H3,(H,20,21);4-10H,11H2,1-3H3,(H,19,21);4-10H,3,11H2,1-2H3,(H,19,20). The molecule has 18 nitrogen and oxygen atoms in total. The molecular formula is C90H100Cl5N7O11. The zero-order valence-corrected chi connectivity index (χ0v) is 69.4. The third-order valence-electron chi connectivity index (χ3n) is 17.5. The van der Waals surface area contributed by atoms with Gasteiger partial charge in [-0.15, -0.1) is 0 Å². The Morgan fingerprint density at radius 3 is 0.956 bits per heavy atom. The van der Waals surface area contributed by atoms with Crippen molar-refractivity contribution in [2.24, 2.45) is 0 Å². The minimum absolute atomic E-state index is 0.0431. The van der Waals surface area contributed by atoms with Gasteiger partial charge in [0, 0.05) is 136 Å². The monoisotopic (exact) mass is 1630 g/mol. The van der Waals surface area contributed by atoms with Gasteiger partial charge in [0.1, 0.15) is 0 Å². The van der Waals surface area contributed by atoms with Gasteiger partial charge in [-0.1, -0.05) is 169 Å². The number of urea groups is 2. The van der Waals surface area contributed by atoms with Crippen molar-refractivity contribution in [2.75, 3.05) is 106 Å². The van der Waals surface area contributed by atoms with E-state index in [0.717, 1.165) is 114 Å². The van der Waals surface area contributed by atoms with Gasteiger partial charge < -0.3 is 64.8 Å². The van der Waals surface area contributed by atoms with Gasteiger partial charge in [-0.2, -0.15) is 0 Å². The molecule has 1 heterocycles. The topological polar surface area (TPSA) is 207 Å². The number of carbonyl (C=O) groups is 5. The molecule has 0 spiro atoms. The number of rotatable bonds is 26. The van der Waals surface area contributed by atoms with Gasteiger partial charge in [-0.05, 0) is 225 Å². The molecule has 596 valence electrons. The van der Waals surface area contributed by atoms with E-state index in [9.17, 15) is 24.0 Å². The quantitative estimate of drug-likeness (QED) is 0.0322. The molecular weight excluding hydrogens is 1530 g/mol. The largest absolute Gasteiger partial charge is 0.380 e. The van der Waals surface area contributed by atoms with Gasteiger partial charge in [0.05, 0.1) is 46.2 Å². The maximum absolute atomic E-state index is 12.3. The molecule has 0 aliphatic carbocycles. The maximum Gasteiger partial charge on any atom is 0.321 e. The Bertz CT molecular complexity index is 4660. The summed E-state index contributed by atoms with van der Waals surface area (Å²) >= 11 is 29.7. The Hall–Kier alpha value is -9.64. The number of hydrogen-bond acceptors (Lipinski definition) is 11. The number of benzene rings is 10. The zero-order chi connectivity index (χ0) is 81.6. The molecule has 0 aromatic heterocycles. The number of unbranched alkanes of at least 4 members (excludes halogenated alkanes) is 1. The first kappa shape index (κ1) is 90.6. The van der Waals surface area contributed by atoms with E-state index in [1.165, 1.54) is 4.90 Å². The second-order valence-corrected chi connectivity index (χ2v) is 28.3. The van der Waals surface area contributed by atoms with Crippen LogP contribution >= 0.6 is 58.0 Å². The lowest BCUT2D eigenvalue weighted by Crippen LogP contribution is -2.43. The fourth-order valence-corrected chi connectivity index (χ4v) is 12.4. The van der Waals surface area contributed by atoms with Crippen LogP contribution in [0.1, 0.15) is 98.9 Å². The van der Waals surface area contributed by atoms with E-state index in [0.29, 0.717) is 121 Å². The van der Waals surface area contributed by atoms with Crippen molar-refractivity contribution in [3.63, 3.8) is 0 Å². The first-order chi connectivity index (χ1) is 54.6. The zero-order valence-electron chi connectivity index (χ0n) is 65.6. The van der Waals surface area contributed by atoms with Crippen molar-refractivity contribution in [2.45, 2.75) is 73.1 Å². The number of nitrogens with one attached hydrogen (secondary N) is 5. The molecule has 1 saturated heterocycles. The van der Waals surface area contributed by atoms with E-state index >= 15 is 0 Å². The highest BCUT2D eigenvalue weighted by molar-refractivity contribution is 6.32. The molecule has 1 aliphatic heterocycles. The number of ether oxygens (including phenoxy) is 6. The third kappa shape index (κ3) is 29.1. The van der Waals surface area contributed by atoms with Crippen LogP contribution in [-0.4, -0.2) is 135 Å². The van der Waals surface area contributed by atoms with Crippen LogP contribution in [0.3, 0.4) is 0 Å². The van der Waals surface area contributed by atoms with E-state index in [1.807, 2.05) is 226 Å². The molecule has 1 fully saturated rings. The lowest BCUT2D eigenvalue weighted by molar-refractivity contribution is 0.0564. The Morgan fingerprint density at radius 2 is 0.664 bits per heavy atom. The summed E-state index contributed by atoms with van der Waals surface area (Å²) < 4.78 is 31.7. The number of morpholine rings is 1. The van der Waals surface area contributed by atoms with Gasteiger partial charge in [-0.3, -0.25) is 14.4 Å². The van der Waals surface area contributed by atoms with Crippen molar-refractivity contribution in [3.8, 4) is 55.6 Å². The van der Waals surface area contributed by atoms with E-state index in [-0.39, 0.29) is 29.8 Å². The van der Waals surface area contributed by atoms with Crippen molar-refractivity contribution >= 4 is 99.2 Å². The van der Waals surface area contributed by atoms with Crippen molar-refractivity contribution in [3.05, 3.63) is 282 Å². The number of halogens is 5. The van der Waals surface area contributed by atoms with Crippen LogP contribution in [0, 0.1) is 0 Å². The number of carbonyl (C=O) groups excluding carboxylic acids is 5. The van der Waals surface area contributed by atoms with Crippen LogP contribution in [0.25, 0.3) is 55.6 Å². The van der Waals surface area contributed by atoms with Gasteiger partial charge in [-0.25, -0.2) is 9.59 Å². The average Bonchev–Trinajstić information content (AvgIpc) is 0.837. The van der Waals surface area contributed by atoms with E-state index in [2.05, 4.69) is 33.5 Å². The highest BCUT2D eigenvalue weighted by Gasteiger charge is 2.20. The number of nitrogens with zero attached hydrogens (tertiary/aromatic N) is 2. The van der Waals surface area contributed by atoms with Crippen molar-refractivity contribution < 1.29 is 52.4 Å². The van der Waals surface area contributed by atoms with Crippen LogP contribution in [0.2, 0.25) is 25.1 Å². The predicted octanol–water partition coefficient (Wildman–Crippen LogP) is 21.1. The number of methoxy groups -OCH3 is 5. The number of hydrogen-bond donors (Lipinski definition) is 5. The number of amides is 7. The Labute approximate surface area is 689 Å². The van der Waals surface area contributed by atoms with Crippen LogP contribution in [0.15, 0.2) is 212 Å². The second kappa shape index (κ2) is 48.4. The molecule has 0 bridgehead atoms. The molecule has 0 saturated carbocycles. The van der Waals surface area contributed by atoms with Crippen LogP contribution in [-0.2, 0) is 61.5 Å². The summed E-state index contributed by atoms with van der Waals surface area (Å²) in [7, 11) is 11.7. The molecule has 10 aromatic rings. The molecule has 1 aliphatic rings. The number of anilines is 2. The summed E-state index contributed by atoms with van der Waals surface area (Å²) in [6, 6.07) is 66.7. The lowest BCUT2D eigenvalue weighted by atomic mass is 9.97. The molecule has 0 radical (unpaired) electrons. The van der Waals surface area contributed by atoms with Gasteiger partial charge >= 0.3 is 12.1 Å². The molecule has 10 aromatic carbocycles. The molecule has 0 atom stereocenters. The van der Waals surface area contributed by atoms with Crippen molar-refractivity contribution in [1.82, 2.24) is 25.8 Å². The SMILES string of the molecule is CCCCNC(=O)c1ccc(-c2ccc(Cl)cc2)c(COC)c1.CCCNC(=O)c1ccc(-c2ccc(Cl)cc2)c(COC)c1.CCNC(=O)c1ccc(-c2ccc(Cl)cc2)c(COC)c1.COCc1cc(NC(=O)N(C)C)ccc1-c1ccc(Cl)cc1.COCc1cc(NC(=O)N2CCOCC2)ccc1-c1ccc(Cl)cc1. The highest BCUT2D eigenvalue weighted by Crippen LogP contribution is 2.34. The molecule has 113 heavy (non-hydrogen) atoms. The van der Waals surface area contributed by atoms with Crippen LogP contribution in [0.4, 0.5) is 21.0 Å². The summed E-state index contributed by atoms with van der Waals surface area (Å²) in [5.41, 5.74) is 18.9. The van der Waals surface area contributed by atoms with E-state index < -0.39 is 0 Å². The summed E-state index contributed by atoms with van der Waals surface area (Å²) in [4.78, 5) is 63.5. The first-order valence-corrected chi connectivity index (χ1v) is 38.9. The highest BCUT2D eigenvalue weighted by atomic mass is 35.5. The summed E-state index contributed by atoms with van der Waals surface area (Å²) in [5, 5.41) is 17.9. The smallest absolute Gasteiger partial charge is 0.321 e. The van der Waals surface area contributed by atoms with E-state index in [1.54, 1.807) is 54.5 Å². The summed E-state index contributed by atoms with van der Waals surface area (Å²) in [5.74, 6) is -0.169. The normalized spacial score (nSPS) is 11.3. The van der Waals surface area contributed by atoms with Crippen molar-refractivity contribution in [1.29, 1.82) is 0 Å². The first-order valence-electron chi connectivity index (χ1n) is 37.0. The minimum Gasteiger partial charge on any atom is -0.380 e. The molecule has 7 amide bonds. The Balaban J connectivity index is 0.000000196. The van der Waals surface area contributed by atoms with Gasteiger partial charge in [0.25, 0.3) is 17.7 Å². The summed E-state index contributed by atoms with van der Waals surface area (Å²) in [6.07, 6.45) is 2.96. The van der Waals surface area contributed by atoms with Gasteiger partial charge in [0.15, 0.2) is 0 Å². The minimum atomic E-state index is -0.164. The predicted molar refractivity (Wildman–Crippen MR) is 460 cm³/mol. The Kier molecular flexibility index (Phi) is 38.8. The van der Waals surface area contributed by atoms with Crippen LogP contribution in [0.5, 0.6) is 0 Å². The lowest BCUT2D eigenvalue weighted by Gasteiger charge is -2.27. The average molecular weight is 1630 g/mol. The Morgan fingerprint density at radius 1 is 0.372 bits per heavy atom. The molecule has 11 rings (SSSR count). The second-order valence-electron chi connectivity index (χ2n) is 26.1. The maximum atomic E-state index is 12.3. The fourth-order valence-electron chi connectivity index (χ4n) is 11.8.